The molecule has 1 heterocycles. The molecule has 0 aromatic rings. The van der Waals surface area contributed by atoms with Crippen LogP contribution in [0.5, 0.6) is 0 Å². The van der Waals surface area contributed by atoms with Crippen molar-refractivity contribution in [1.82, 2.24) is 10.2 Å². The van der Waals surface area contributed by atoms with Crippen molar-refractivity contribution in [3.8, 4) is 0 Å². The van der Waals surface area contributed by atoms with E-state index < -0.39 is 0 Å². The van der Waals surface area contributed by atoms with E-state index in [2.05, 4.69) is 24.1 Å². The molecular formula is C14H28N2. The third-order valence-corrected chi connectivity index (χ3v) is 4.53. The van der Waals surface area contributed by atoms with Crippen LogP contribution in [0.15, 0.2) is 0 Å². The van der Waals surface area contributed by atoms with E-state index in [1.165, 1.54) is 51.6 Å². The van der Waals surface area contributed by atoms with Crippen LogP contribution < -0.4 is 5.32 Å². The van der Waals surface area contributed by atoms with Gasteiger partial charge in [0.15, 0.2) is 0 Å². The van der Waals surface area contributed by atoms with Gasteiger partial charge in [0.2, 0.25) is 0 Å². The molecule has 2 rings (SSSR count). The van der Waals surface area contributed by atoms with Crippen LogP contribution in [0.2, 0.25) is 0 Å². The summed E-state index contributed by atoms with van der Waals surface area (Å²) in [4.78, 5) is 2.74. The highest BCUT2D eigenvalue weighted by Crippen LogP contribution is 2.28. The fourth-order valence-corrected chi connectivity index (χ4v) is 3.52. The van der Waals surface area contributed by atoms with Crippen LogP contribution in [0.4, 0.5) is 0 Å². The highest BCUT2D eigenvalue weighted by atomic mass is 15.2. The molecule has 1 saturated heterocycles. The quantitative estimate of drug-likeness (QED) is 0.790. The van der Waals surface area contributed by atoms with Gasteiger partial charge in [0.1, 0.15) is 0 Å². The Labute approximate surface area is 101 Å². The summed E-state index contributed by atoms with van der Waals surface area (Å²) in [6.07, 6.45) is 8.56. The number of hydrogen-bond acceptors (Lipinski definition) is 2. The summed E-state index contributed by atoms with van der Waals surface area (Å²) in [6.45, 7) is 8.47. The molecule has 2 heteroatoms. The van der Waals surface area contributed by atoms with E-state index in [9.17, 15) is 0 Å². The number of hydrogen-bond donors (Lipinski definition) is 1. The Bertz CT molecular complexity index is 205. The fraction of sp³-hybridized carbons (Fsp3) is 1.00. The van der Waals surface area contributed by atoms with Gasteiger partial charge < -0.3 is 10.2 Å². The van der Waals surface area contributed by atoms with Crippen molar-refractivity contribution in [3.63, 3.8) is 0 Å². The van der Waals surface area contributed by atoms with Crippen molar-refractivity contribution in [2.45, 2.75) is 64.5 Å². The van der Waals surface area contributed by atoms with Gasteiger partial charge in [-0.15, -0.1) is 0 Å². The lowest BCUT2D eigenvalue weighted by Crippen LogP contribution is -2.44. The standard InChI is InChI=1S/C14H28N2/c1-3-15-14-9-6-8-13(14)11-16-10-5-4-7-12(16)2/h12-15H,3-11H2,1-2H3. The Balaban J connectivity index is 1.82. The van der Waals surface area contributed by atoms with Crippen LogP contribution in [0, 0.1) is 5.92 Å². The Morgan fingerprint density at radius 1 is 1.12 bits per heavy atom. The van der Waals surface area contributed by atoms with Crippen LogP contribution in [-0.4, -0.2) is 36.6 Å². The summed E-state index contributed by atoms with van der Waals surface area (Å²) in [5.74, 6) is 0.917. The van der Waals surface area contributed by atoms with Gasteiger partial charge in [0, 0.05) is 18.6 Å². The molecule has 0 aromatic carbocycles. The van der Waals surface area contributed by atoms with Gasteiger partial charge in [0.25, 0.3) is 0 Å². The van der Waals surface area contributed by atoms with E-state index in [4.69, 9.17) is 0 Å². The topological polar surface area (TPSA) is 15.3 Å². The van der Waals surface area contributed by atoms with Crippen LogP contribution >= 0.6 is 0 Å². The number of likely N-dealkylation sites (tertiary alicyclic amines) is 1. The van der Waals surface area contributed by atoms with Crippen molar-refractivity contribution in [2.24, 2.45) is 5.92 Å². The van der Waals surface area contributed by atoms with Crippen LogP contribution in [0.25, 0.3) is 0 Å². The van der Waals surface area contributed by atoms with E-state index in [1.807, 2.05) is 0 Å². The minimum absolute atomic E-state index is 0.805. The molecule has 2 fully saturated rings. The smallest absolute Gasteiger partial charge is 0.0107 e. The zero-order valence-electron chi connectivity index (χ0n) is 11.0. The number of rotatable bonds is 4. The summed E-state index contributed by atoms with van der Waals surface area (Å²) in [5, 5.41) is 3.67. The molecule has 3 atom stereocenters. The second-order valence-electron chi connectivity index (χ2n) is 5.69. The maximum Gasteiger partial charge on any atom is 0.0107 e. The SMILES string of the molecule is CCNC1CCCC1CN1CCCCC1C. The maximum atomic E-state index is 3.67. The zero-order valence-corrected chi connectivity index (χ0v) is 11.0. The molecule has 3 unspecified atom stereocenters. The maximum absolute atomic E-state index is 3.67. The molecule has 1 saturated carbocycles. The Morgan fingerprint density at radius 3 is 2.75 bits per heavy atom. The molecular weight excluding hydrogens is 196 g/mol. The molecule has 16 heavy (non-hydrogen) atoms. The first-order valence-electron chi connectivity index (χ1n) is 7.28. The largest absolute Gasteiger partial charge is 0.314 e. The Kier molecular flexibility index (Phi) is 4.66. The summed E-state index contributed by atoms with van der Waals surface area (Å²) in [6, 6.07) is 1.63. The first kappa shape index (κ1) is 12.4. The molecule has 0 bridgehead atoms. The van der Waals surface area contributed by atoms with Crippen LogP contribution in [-0.2, 0) is 0 Å². The average molecular weight is 224 g/mol. The number of nitrogens with zero attached hydrogens (tertiary/aromatic N) is 1. The van der Waals surface area contributed by atoms with Crippen molar-refractivity contribution in [3.05, 3.63) is 0 Å². The lowest BCUT2D eigenvalue weighted by atomic mass is 9.98. The molecule has 0 radical (unpaired) electrons. The normalized spacial score (nSPS) is 36.8. The highest BCUT2D eigenvalue weighted by molar-refractivity contribution is 4.86. The monoisotopic (exact) mass is 224 g/mol. The van der Waals surface area contributed by atoms with E-state index >= 15 is 0 Å². The summed E-state index contributed by atoms with van der Waals surface area (Å²) in [7, 11) is 0. The lowest BCUT2D eigenvalue weighted by molar-refractivity contribution is 0.129. The second kappa shape index (κ2) is 6.02. The second-order valence-corrected chi connectivity index (χ2v) is 5.69. The van der Waals surface area contributed by atoms with Crippen LogP contribution in [0.3, 0.4) is 0 Å². The summed E-state index contributed by atoms with van der Waals surface area (Å²) < 4.78 is 0. The van der Waals surface area contributed by atoms with Gasteiger partial charge in [-0.25, -0.2) is 0 Å². The van der Waals surface area contributed by atoms with Crippen molar-refractivity contribution in [2.75, 3.05) is 19.6 Å². The van der Waals surface area contributed by atoms with Gasteiger partial charge in [0.05, 0.1) is 0 Å². The predicted octanol–water partition coefficient (Wildman–Crippen LogP) is 2.64. The number of nitrogens with one attached hydrogen (secondary N) is 1. The molecule has 1 N–H and O–H groups in total. The van der Waals surface area contributed by atoms with E-state index in [-0.39, 0.29) is 0 Å². The van der Waals surface area contributed by atoms with E-state index in [1.54, 1.807) is 0 Å². The molecule has 1 aliphatic carbocycles. The number of piperidine rings is 1. The van der Waals surface area contributed by atoms with Gasteiger partial charge in [-0.05, 0) is 51.6 Å². The van der Waals surface area contributed by atoms with Crippen molar-refractivity contribution >= 4 is 0 Å². The zero-order chi connectivity index (χ0) is 11.4. The van der Waals surface area contributed by atoms with Gasteiger partial charge in [-0.1, -0.05) is 19.8 Å². The molecule has 1 aliphatic heterocycles. The van der Waals surface area contributed by atoms with E-state index in [0.29, 0.717) is 0 Å². The lowest BCUT2D eigenvalue weighted by Gasteiger charge is -2.36. The highest BCUT2D eigenvalue weighted by Gasteiger charge is 2.30. The Morgan fingerprint density at radius 2 is 2.00 bits per heavy atom. The third-order valence-electron chi connectivity index (χ3n) is 4.53. The summed E-state index contributed by atoms with van der Waals surface area (Å²) in [5.41, 5.74) is 0. The average Bonchev–Trinajstić information content (AvgIpc) is 2.70. The summed E-state index contributed by atoms with van der Waals surface area (Å²) >= 11 is 0. The van der Waals surface area contributed by atoms with Gasteiger partial charge in [-0.2, -0.15) is 0 Å². The predicted molar refractivity (Wildman–Crippen MR) is 69.7 cm³/mol. The molecule has 0 amide bonds. The fourth-order valence-electron chi connectivity index (χ4n) is 3.52. The molecule has 2 aliphatic rings. The van der Waals surface area contributed by atoms with Gasteiger partial charge >= 0.3 is 0 Å². The molecule has 0 aromatic heterocycles. The van der Waals surface area contributed by atoms with Gasteiger partial charge in [-0.3, -0.25) is 0 Å². The van der Waals surface area contributed by atoms with Crippen molar-refractivity contribution < 1.29 is 0 Å². The minimum Gasteiger partial charge on any atom is -0.314 e. The Hall–Kier alpha value is -0.0800. The van der Waals surface area contributed by atoms with E-state index in [0.717, 1.165) is 24.5 Å². The third kappa shape index (κ3) is 2.98. The molecule has 94 valence electrons. The van der Waals surface area contributed by atoms with Crippen LogP contribution in [0.1, 0.15) is 52.4 Å². The molecule has 0 spiro atoms. The minimum atomic E-state index is 0.805. The first-order chi connectivity index (χ1) is 7.81. The molecule has 2 nitrogen and oxygen atoms in total. The van der Waals surface area contributed by atoms with Crippen molar-refractivity contribution in [1.29, 1.82) is 0 Å². The first-order valence-corrected chi connectivity index (χ1v) is 7.28.